The summed E-state index contributed by atoms with van der Waals surface area (Å²) in [5.74, 6) is 1.14. The second-order valence-electron chi connectivity index (χ2n) is 7.20. The van der Waals surface area contributed by atoms with Gasteiger partial charge in [-0.3, -0.25) is 0 Å². The van der Waals surface area contributed by atoms with Crippen LogP contribution >= 0.6 is 0 Å². The van der Waals surface area contributed by atoms with E-state index in [1.165, 1.54) is 11.1 Å². The Morgan fingerprint density at radius 2 is 1.87 bits per heavy atom. The number of rotatable bonds is 5. The molecular formula is C24H20N6. The van der Waals surface area contributed by atoms with Crippen LogP contribution < -0.4 is 10.6 Å². The highest BCUT2D eigenvalue weighted by molar-refractivity contribution is 5.82. The number of benzene rings is 2. The summed E-state index contributed by atoms with van der Waals surface area (Å²) in [7, 11) is 0. The van der Waals surface area contributed by atoms with Gasteiger partial charge in [-0.15, -0.1) is 0 Å². The molecule has 0 bridgehead atoms. The maximum atomic E-state index is 9.14. The molecule has 0 aliphatic heterocycles. The van der Waals surface area contributed by atoms with Crippen LogP contribution in [0, 0.1) is 36.5 Å². The van der Waals surface area contributed by atoms with Crippen molar-refractivity contribution in [1.82, 2.24) is 9.97 Å². The number of fused-ring (bicyclic) bond motifs is 1. The number of anilines is 4. The molecule has 0 unspecified atom stereocenters. The van der Waals surface area contributed by atoms with Gasteiger partial charge in [0.2, 0.25) is 5.95 Å². The van der Waals surface area contributed by atoms with Crippen molar-refractivity contribution in [2.75, 3.05) is 10.6 Å². The molecule has 0 fully saturated rings. The normalized spacial score (nSPS) is 11.8. The zero-order valence-corrected chi connectivity index (χ0v) is 16.8. The Kier molecular flexibility index (Phi) is 5.15. The highest BCUT2D eigenvalue weighted by Gasteiger charge is 2.20. The van der Waals surface area contributed by atoms with Crippen molar-refractivity contribution in [3.05, 3.63) is 76.5 Å². The summed E-state index contributed by atoms with van der Waals surface area (Å²) in [5, 5.41) is 24.7. The highest BCUT2D eigenvalue weighted by Crippen LogP contribution is 2.38. The van der Waals surface area contributed by atoms with Gasteiger partial charge in [0, 0.05) is 17.6 Å². The van der Waals surface area contributed by atoms with Crippen LogP contribution in [0.5, 0.6) is 0 Å². The third-order valence-corrected chi connectivity index (χ3v) is 5.19. The van der Waals surface area contributed by atoms with E-state index in [1.54, 1.807) is 18.3 Å². The molecule has 1 aliphatic rings. The lowest BCUT2D eigenvalue weighted by Gasteiger charge is -2.18. The molecule has 30 heavy (non-hydrogen) atoms. The predicted octanol–water partition coefficient (Wildman–Crippen LogP) is 5.31. The summed E-state index contributed by atoms with van der Waals surface area (Å²) >= 11 is 0. The zero-order chi connectivity index (χ0) is 21.1. The van der Waals surface area contributed by atoms with Crippen molar-refractivity contribution in [1.29, 1.82) is 10.5 Å². The molecule has 6 heteroatoms. The first-order valence-electron chi connectivity index (χ1n) is 9.65. The van der Waals surface area contributed by atoms with Crippen molar-refractivity contribution in [3.8, 4) is 12.1 Å². The smallest absolute Gasteiger partial charge is 0.229 e. The van der Waals surface area contributed by atoms with E-state index in [0.29, 0.717) is 23.8 Å². The Morgan fingerprint density at radius 1 is 1.07 bits per heavy atom. The fourth-order valence-electron chi connectivity index (χ4n) is 3.82. The Morgan fingerprint density at radius 3 is 2.60 bits per heavy atom. The molecule has 146 valence electrons. The quantitative estimate of drug-likeness (QED) is 0.611. The molecule has 2 N–H and O–H groups in total. The van der Waals surface area contributed by atoms with Crippen molar-refractivity contribution in [2.45, 2.75) is 26.7 Å². The zero-order valence-electron chi connectivity index (χ0n) is 16.8. The second-order valence-corrected chi connectivity index (χ2v) is 7.20. The molecule has 1 aliphatic carbocycles. The number of aromatic nitrogens is 2. The van der Waals surface area contributed by atoms with E-state index >= 15 is 0 Å². The van der Waals surface area contributed by atoms with Gasteiger partial charge in [0.05, 0.1) is 24.1 Å². The summed E-state index contributed by atoms with van der Waals surface area (Å²) < 4.78 is 0. The molecule has 0 amide bonds. The van der Waals surface area contributed by atoms with Crippen LogP contribution in [-0.2, 0) is 6.42 Å². The lowest BCUT2D eigenvalue weighted by Crippen LogP contribution is -2.04. The molecule has 0 saturated heterocycles. The Bertz CT molecular complexity index is 1230. The van der Waals surface area contributed by atoms with Crippen LogP contribution in [-0.4, -0.2) is 9.97 Å². The van der Waals surface area contributed by atoms with Crippen molar-refractivity contribution in [3.63, 3.8) is 0 Å². The first kappa shape index (κ1) is 19.2. The summed E-state index contributed by atoms with van der Waals surface area (Å²) in [6.07, 6.45) is 5.14. The first-order valence-corrected chi connectivity index (χ1v) is 9.65. The summed E-state index contributed by atoms with van der Waals surface area (Å²) in [6, 6.07) is 15.5. The summed E-state index contributed by atoms with van der Waals surface area (Å²) in [5.41, 5.74) is 8.22. The number of aryl methyl sites for hydroxylation is 1. The topological polar surface area (TPSA) is 97.4 Å². The van der Waals surface area contributed by atoms with Gasteiger partial charge in [0.1, 0.15) is 5.82 Å². The highest BCUT2D eigenvalue weighted by atomic mass is 15.1. The molecule has 1 heterocycles. The SMILES string of the molecule is Cc1cc2c(c(C)c1Nc1ccnc(Nc3ccc(C#N)cc3)n1)C(CC#N)=CC2. The van der Waals surface area contributed by atoms with Crippen LogP contribution in [0.4, 0.5) is 23.1 Å². The average molecular weight is 392 g/mol. The maximum absolute atomic E-state index is 9.14. The van der Waals surface area contributed by atoms with Gasteiger partial charge in [-0.1, -0.05) is 12.1 Å². The molecule has 0 saturated carbocycles. The average Bonchev–Trinajstić information content (AvgIpc) is 3.15. The molecule has 2 aromatic carbocycles. The lowest BCUT2D eigenvalue weighted by atomic mass is 9.94. The fraction of sp³-hybridized carbons (Fsp3) is 0.167. The van der Waals surface area contributed by atoms with Crippen molar-refractivity contribution >= 4 is 28.7 Å². The minimum absolute atomic E-state index is 0.419. The van der Waals surface area contributed by atoms with E-state index in [2.05, 4.69) is 58.7 Å². The number of hydrogen-bond acceptors (Lipinski definition) is 6. The van der Waals surface area contributed by atoms with E-state index in [4.69, 9.17) is 10.5 Å². The predicted molar refractivity (Wildman–Crippen MR) is 118 cm³/mol. The van der Waals surface area contributed by atoms with Gasteiger partial charge in [-0.25, -0.2) is 4.98 Å². The van der Waals surface area contributed by atoms with E-state index in [0.717, 1.165) is 34.5 Å². The molecular weight excluding hydrogens is 372 g/mol. The van der Waals surface area contributed by atoms with E-state index in [1.807, 2.05) is 18.2 Å². The lowest BCUT2D eigenvalue weighted by molar-refractivity contribution is 1.16. The Hall–Kier alpha value is -4.16. The minimum atomic E-state index is 0.419. The van der Waals surface area contributed by atoms with Gasteiger partial charge in [-0.05, 0) is 78.4 Å². The molecule has 1 aromatic heterocycles. The molecule has 0 atom stereocenters. The third kappa shape index (κ3) is 3.72. The minimum Gasteiger partial charge on any atom is -0.340 e. The Balaban J connectivity index is 1.60. The molecule has 4 rings (SSSR count). The first-order chi connectivity index (χ1) is 14.6. The third-order valence-electron chi connectivity index (χ3n) is 5.19. The largest absolute Gasteiger partial charge is 0.340 e. The number of nitrogens with one attached hydrogen (secondary N) is 2. The van der Waals surface area contributed by atoms with Crippen molar-refractivity contribution in [2.24, 2.45) is 0 Å². The van der Waals surface area contributed by atoms with Crippen LogP contribution in [0.25, 0.3) is 5.57 Å². The standard InChI is InChI=1S/C24H20N6/c1-15-13-19-6-5-18(9-11-25)22(19)16(2)23(15)29-21-10-12-27-24(30-21)28-20-7-3-17(14-26)4-8-20/h3-5,7-8,10,12-13H,6,9H2,1-2H3,(H2,27,28,29,30). The van der Waals surface area contributed by atoms with E-state index in [9.17, 15) is 0 Å². The van der Waals surface area contributed by atoms with Gasteiger partial charge in [0.15, 0.2) is 0 Å². The molecule has 6 nitrogen and oxygen atoms in total. The van der Waals surface area contributed by atoms with Crippen LogP contribution in [0.1, 0.15) is 34.2 Å². The van der Waals surface area contributed by atoms with E-state index < -0.39 is 0 Å². The molecule has 0 radical (unpaired) electrons. The van der Waals surface area contributed by atoms with Gasteiger partial charge < -0.3 is 10.6 Å². The van der Waals surface area contributed by atoms with Crippen LogP contribution in [0.3, 0.4) is 0 Å². The number of nitriles is 2. The van der Waals surface area contributed by atoms with Crippen LogP contribution in [0.15, 0.2) is 48.7 Å². The monoisotopic (exact) mass is 392 g/mol. The maximum Gasteiger partial charge on any atom is 0.229 e. The van der Waals surface area contributed by atoms with Crippen molar-refractivity contribution < 1.29 is 0 Å². The molecule has 0 spiro atoms. The number of allylic oxidation sites excluding steroid dienone is 2. The van der Waals surface area contributed by atoms with E-state index in [-0.39, 0.29) is 0 Å². The summed E-state index contributed by atoms with van der Waals surface area (Å²) in [4.78, 5) is 8.86. The summed E-state index contributed by atoms with van der Waals surface area (Å²) in [6.45, 7) is 4.16. The molecule has 3 aromatic rings. The fourth-order valence-corrected chi connectivity index (χ4v) is 3.82. The second kappa shape index (κ2) is 8.06. The van der Waals surface area contributed by atoms with Gasteiger partial charge in [0.25, 0.3) is 0 Å². The number of hydrogen-bond donors (Lipinski definition) is 2. The van der Waals surface area contributed by atoms with Gasteiger partial charge >= 0.3 is 0 Å². The van der Waals surface area contributed by atoms with Crippen LogP contribution in [0.2, 0.25) is 0 Å². The van der Waals surface area contributed by atoms with Gasteiger partial charge in [-0.2, -0.15) is 15.5 Å². The Labute approximate surface area is 175 Å². The number of nitrogens with zero attached hydrogens (tertiary/aromatic N) is 4.